The van der Waals surface area contributed by atoms with Crippen molar-refractivity contribution in [1.29, 1.82) is 0 Å². The van der Waals surface area contributed by atoms with Crippen LogP contribution in [0, 0.1) is 0 Å². The van der Waals surface area contributed by atoms with Gasteiger partial charge in [-0.05, 0) is 34.7 Å². The molecule has 1 amide bonds. The lowest BCUT2D eigenvalue weighted by Crippen LogP contribution is -2.48. The van der Waals surface area contributed by atoms with E-state index in [0.29, 0.717) is 17.1 Å². The van der Waals surface area contributed by atoms with Crippen LogP contribution in [-0.4, -0.2) is 48.7 Å². The molecule has 0 bridgehead atoms. The van der Waals surface area contributed by atoms with Crippen LogP contribution in [0.25, 0.3) is 0 Å². The van der Waals surface area contributed by atoms with E-state index in [-0.39, 0.29) is 18.1 Å². The third-order valence-corrected chi connectivity index (χ3v) is 5.51. The van der Waals surface area contributed by atoms with Crippen LogP contribution in [0.2, 0.25) is 0 Å². The zero-order chi connectivity index (χ0) is 19.7. The quantitative estimate of drug-likeness (QED) is 0.815. The Kier molecular flexibility index (Phi) is 5.02. The Hall–Kier alpha value is -2.53. The molecule has 2 aliphatic rings. The van der Waals surface area contributed by atoms with Crippen LogP contribution >= 0.6 is 0 Å². The van der Waals surface area contributed by atoms with E-state index >= 15 is 0 Å². The summed E-state index contributed by atoms with van der Waals surface area (Å²) in [5.41, 5.74) is 3.52. The second-order valence-corrected chi connectivity index (χ2v) is 8.58. The van der Waals surface area contributed by atoms with Crippen molar-refractivity contribution in [2.75, 3.05) is 33.0 Å². The zero-order valence-corrected chi connectivity index (χ0v) is 16.9. The number of fused-ring (bicyclic) bond motifs is 1. The summed E-state index contributed by atoms with van der Waals surface area (Å²) in [5.74, 6) is 1.43. The van der Waals surface area contributed by atoms with Gasteiger partial charge in [0.05, 0.1) is 0 Å². The first-order chi connectivity index (χ1) is 13.4. The number of amides is 1. The Labute approximate surface area is 166 Å². The second-order valence-electron chi connectivity index (χ2n) is 8.58. The monoisotopic (exact) mass is 380 g/mol. The van der Waals surface area contributed by atoms with Crippen LogP contribution in [0.15, 0.2) is 42.5 Å². The van der Waals surface area contributed by atoms with Crippen LogP contribution in [0.1, 0.15) is 42.3 Å². The molecule has 28 heavy (non-hydrogen) atoms. The maximum atomic E-state index is 12.8. The molecule has 2 aliphatic heterocycles. The van der Waals surface area contributed by atoms with Crippen molar-refractivity contribution < 1.29 is 14.3 Å². The second kappa shape index (κ2) is 7.47. The number of hydrogen-bond donors (Lipinski definition) is 0. The number of carbonyl (C=O) groups excluding carboxylic acids is 1. The number of nitrogens with zero attached hydrogens (tertiary/aromatic N) is 2. The van der Waals surface area contributed by atoms with Gasteiger partial charge in [0, 0.05) is 38.3 Å². The topological polar surface area (TPSA) is 42.0 Å². The number of piperazine rings is 1. The van der Waals surface area contributed by atoms with Crippen LogP contribution in [-0.2, 0) is 12.0 Å². The van der Waals surface area contributed by atoms with E-state index in [1.807, 2.05) is 17.0 Å². The minimum absolute atomic E-state index is 0.0625. The van der Waals surface area contributed by atoms with Crippen molar-refractivity contribution in [3.05, 3.63) is 59.2 Å². The number of ether oxygens (including phenoxy) is 2. The van der Waals surface area contributed by atoms with Crippen molar-refractivity contribution >= 4 is 5.91 Å². The average Bonchev–Trinajstić information content (AvgIpc) is 3.15. The lowest BCUT2D eigenvalue weighted by atomic mass is 9.87. The predicted octanol–water partition coefficient (Wildman–Crippen LogP) is 3.67. The molecule has 0 aliphatic carbocycles. The fraction of sp³-hybridized carbons (Fsp3) is 0.435. The van der Waals surface area contributed by atoms with Gasteiger partial charge in [0.1, 0.15) is 0 Å². The van der Waals surface area contributed by atoms with Crippen molar-refractivity contribution in [3.63, 3.8) is 0 Å². The summed E-state index contributed by atoms with van der Waals surface area (Å²) in [6, 6.07) is 14.3. The summed E-state index contributed by atoms with van der Waals surface area (Å²) >= 11 is 0. The highest BCUT2D eigenvalue weighted by molar-refractivity contribution is 5.95. The molecule has 0 N–H and O–H groups in total. The molecule has 0 atom stereocenters. The SMILES string of the molecule is CC(C)(C)c1ccc(CN2CCN(C(=O)c3ccc4c(c3)OCO4)CC2)cc1. The van der Waals surface area contributed by atoms with E-state index in [4.69, 9.17) is 9.47 Å². The van der Waals surface area contributed by atoms with Gasteiger partial charge in [-0.15, -0.1) is 0 Å². The summed E-state index contributed by atoms with van der Waals surface area (Å²) in [4.78, 5) is 17.1. The van der Waals surface area contributed by atoms with E-state index in [1.165, 1.54) is 11.1 Å². The molecule has 4 rings (SSSR count). The highest BCUT2D eigenvalue weighted by Crippen LogP contribution is 2.33. The Morgan fingerprint density at radius 2 is 1.61 bits per heavy atom. The van der Waals surface area contributed by atoms with Gasteiger partial charge in [0.2, 0.25) is 6.79 Å². The molecule has 2 aromatic rings. The molecule has 1 saturated heterocycles. The third kappa shape index (κ3) is 3.99. The van der Waals surface area contributed by atoms with Gasteiger partial charge < -0.3 is 14.4 Å². The summed E-state index contributed by atoms with van der Waals surface area (Å²) < 4.78 is 10.7. The molecule has 0 radical (unpaired) electrons. The van der Waals surface area contributed by atoms with E-state index < -0.39 is 0 Å². The van der Waals surface area contributed by atoms with E-state index in [2.05, 4.69) is 49.9 Å². The summed E-state index contributed by atoms with van der Waals surface area (Å²) in [6.07, 6.45) is 0. The van der Waals surface area contributed by atoms with Gasteiger partial charge >= 0.3 is 0 Å². The lowest BCUT2D eigenvalue weighted by molar-refractivity contribution is 0.0628. The number of rotatable bonds is 3. The largest absolute Gasteiger partial charge is 0.454 e. The first-order valence-electron chi connectivity index (χ1n) is 9.91. The van der Waals surface area contributed by atoms with Crippen molar-refractivity contribution in [1.82, 2.24) is 9.80 Å². The Balaban J connectivity index is 1.32. The Morgan fingerprint density at radius 1 is 0.929 bits per heavy atom. The van der Waals surface area contributed by atoms with E-state index in [0.717, 1.165) is 32.7 Å². The number of benzene rings is 2. The van der Waals surface area contributed by atoms with E-state index in [1.54, 1.807) is 6.07 Å². The summed E-state index contributed by atoms with van der Waals surface area (Å²) in [7, 11) is 0. The molecule has 2 heterocycles. The van der Waals surface area contributed by atoms with Crippen LogP contribution in [0.5, 0.6) is 11.5 Å². The smallest absolute Gasteiger partial charge is 0.254 e. The van der Waals surface area contributed by atoms with Gasteiger partial charge in [0.15, 0.2) is 11.5 Å². The van der Waals surface area contributed by atoms with Crippen molar-refractivity contribution in [2.24, 2.45) is 0 Å². The predicted molar refractivity (Wildman–Crippen MR) is 109 cm³/mol. The van der Waals surface area contributed by atoms with Gasteiger partial charge in [-0.25, -0.2) is 0 Å². The molecule has 0 saturated carbocycles. The molecule has 0 aromatic heterocycles. The third-order valence-electron chi connectivity index (χ3n) is 5.51. The van der Waals surface area contributed by atoms with E-state index in [9.17, 15) is 4.79 Å². The maximum Gasteiger partial charge on any atom is 0.254 e. The van der Waals surface area contributed by atoms with Gasteiger partial charge in [0.25, 0.3) is 5.91 Å². The van der Waals surface area contributed by atoms with Crippen molar-refractivity contribution in [3.8, 4) is 11.5 Å². The maximum absolute atomic E-state index is 12.8. The first-order valence-corrected chi connectivity index (χ1v) is 9.91. The molecule has 148 valence electrons. The van der Waals surface area contributed by atoms with Gasteiger partial charge in [-0.3, -0.25) is 9.69 Å². The number of carbonyl (C=O) groups is 1. The molecule has 2 aromatic carbocycles. The lowest BCUT2D eigenvalue weighted by Gasteiger charge is -2.35. The summed E-state index contributed by atoms with van der Waals surface area (Å²) in [6.45, 7) is 11.1. The van der Waals surface area contributed by atoms with Gasteiger partial charge in [-0.2, -0.15) is 0 Å². The number of hydrogen-bond acceptors (Lipinski definition) is 4. The zero-order valence-electron chi connectivity index (χ0n) is 16.9. The standard InChI is InChI=1S/C23H28N2O3/c1-23(2,3)19-7-4-17(5-8-19)15-24-10-12-25(13-11-24)22(26)18-6-9-20-21(14-18)28-16-27-20/h4-9,14H,10-13,15-16H2,1-3H3. The fourth-order valence-corrected chi connectivity index (χ4v) is 3.69. The molecular weight excluding hydrogens is 352 g/mol. The molecule has 5 nitrogen and oxygen atoms in total. The highest BCUT2D eigenvalue weighted by Gasteiger charge is 2.24. The minimum atomic E-state index is 0.0625. The van der Waals surface area contributed by atoms with Crippen LogP contribution in [0.3, 0.4) is 0 Å². The Bertz CT molecular complexity index is 847. The van der Waals surface area contributed by atoms with Gasteiger partial charge in [-0.1, -0.05) is 45.0 Å². The average molecular weight is 380 g/mol. The fourth-order valence-electron chi connectivity index (χ4n) is 3.69. The first kappa shape index (κ1) is 18.8. The molecule has 5 heteroatoms. The highest BCUT2D eigenvalue weighted by atomic mass is 16.7. The molecule has 0 unspecified atom stereocenters. The van der Waals surface area contributed by atoms with Crippen LogP contribution < -0.4 is 9.47 Å². The molecule has 0 spiro atoms. The normalized spacial score (nSPS) is 17.0. The summed E-state index contributed by atoms with van der Waals surface area (Å²) in [5, 5.41) is 0. The minimum Gasteiger partial charge on any atom is -0.454 e. The van der Waals surface area contributed by atoms with Crippen molar-refractivity contribution in [2.45, 2.75) is 32.7 Å². The molecular formula is C23H28N2O3. The molecule has 1 fully saturated rings. The van der Waals surface area contributed by atoms with Crippen LogP contribution in [0.4, 0.5) is 0 Å². The Morgan fingerprint density at radius 3 is 2.29 bits per heavy atom.